The molecule has 2 aromatic rings. The van der Waals surface area contributed by atoms with E-state index in [1.54, 1.807) is 18.0 Å². The number of furan rings is 1. The Balaban J connectivity index is 1.90. The average Bonchev–Trinajstić information content (AvgIpc) is 2.82. The molecule has 0 aliphatic carbocycles. The minimum absolute atomic E-state index is 0.667. The van der Waals surface area contributed by atoms with Crippen molar-refractivity contribution in [1.82, 2.24) is 4.98 Å². The lowest BCUT2D eigenvalue weighted by atomic mass is 10.2. The number of nitrogens with two attached hydrogens (primary N) is 1. The van der Waals surface area contributed by atoms with Crippen LogP contribution in [0.1, 0.15) is 11.3 Å². The van der Waals surface area contributed by atoms with Crippen molar-refractivity contribution in [3.63, 3.8) is 0 Å². The largest absolute Gasteiger partial charge is 0.468 e. The quantitative estimate of drug-likeness (QED) is 0.807. The fraction of sp³-hybridized carbons (Fsp3) is 0.250. The number of hydrogen-bond donors (Lipinski definition) is 1. The first-order valence-corrected chi connectivity index (χ1v) is 6.17. The Bertz CT molecular complexity index is 411. The Morgan fingerprint density at radius 3 is 2.88 bits per heavy atom. The van der Waals surface area contributed by atoms with E-state index < -0.39 is 0 Å². The Morgan fingerprint density at radius 2 is 2.25 bits per heavy atom. The van der Waals surface area contributed by atoms with E-state index in [-0.39, 0.29) is 0 Å². The van der Waals surface area contributed by atoms with E-state index in [1.807, 2.05) is 24.4 Å². The zero-order valence-electron chi connectivity index (χ0n) is 8.93. The van der Waals surface area contributed by atoms with Crippen LogP contribution in [0.15, 0.2) is 46.2 Å². The van der Waals surface area contributed by atoms with E-state index >= 15 is 0 Å². The molecule has 0 bridgehead atoms. The molecule has 0 aromatic carbocycles. The third-order valence-corrected chi connectivity index (χ3v) is 3.14. The van der Waals surface area contributed by atoms with Crippen LogP contribution in [0.4, 0.5) is 0 Å². The number of thioether (sulfide) groups is 1. The molecule has 2 rings (SSSR count). The minimum atomic E-state index is 0.667. The van der Waals surface area contributed by atoms with Gasteiger partial charge in [0.1, 0.15) is 5.76 Å². The molecule has 0 radical (unpaired) electrons. The summed E-state index contributed by atoms with van der Waals surface area (Å²) in [4.78, 5) is 4.36. The van der Waals surface area contributed by atoms with Crippen molar-refractivity contribution in [1.29, 1.82) is 0 Å². The molecule has 16 heavy (non-hydrogen) atoms. The molecule has 2 N–H and O–H groups in total. The van der Waals surface area contributed by atoms with Crippen LogP contribution >= 0.6 is 11.8 Å². The summed E-state index contributed by atoms with van der Waals surface area (Å²) in [6.45, 7) is 0.667. The highest BCUT2D eigenvalue weighted by molar-refractivity contribution is 7.98. The number of aromatic nitrogens is 1. The summed E-state index contributed by atoms with van der Waals surface area (Å²) >= 11 is 1.67. The molecule has 0 saturated carbocycles. The molecule has 2 aromatic heterocycles. The van der Waals surface area contributed by atoms with Crippen LogP contribution < -0.4 is 5.73 Å². The van der Waals surface area contributed by atoms with E-state index in [0.29, 0.717) is 6.54 Å². The van der Waals surface area contributed by atoms with Gasteiger partial charge in [-0.1, -0.05) is 17.8 Å². The third kappa shape index (κ3) is 3.12. The van der Waals surface area contributed by atoms with Crippen molar-refractivity contribution >= 4 is 11.8 Å². The van der Waals surface area contributed by atoms with Crippen molar-refractivity contribution in [2.75, 3.05) is 6.54 Å². The summed E-state index contributed by atoms with van der Waals surface area (Å²) in [6, 6.07) is 7.96. The van der Waals surface area contributed by atoms with E-state index in [9.17, 15) is 0 Å². The van der Waals surface area contributed by atoms with Gasteiger partial charge in [0, 0.05) is 6.20 Å². The first-order valence-electron chi connectivity index (χ1n) is 5.18. The summed E-state index contributed by atoms with van der Waals surface area (Å²) < 4.78 is 5.25. The number of nitrogens with zero attached hydrogens (tertiary/aromatic N) is 1. The first kappa shape index (κ1) is 11.2. The Labute approximate surface area is 99.1 Å². The lowest BCUT2D eigenvalue weighted by Crippen LogP contribution is -2.02. The highest BCUT2D eigenvalue weighted by Gasteiger charge is 2.00. The number of hydrogen-bond acceptors (Lipinski definition) is 4. The smallest absolute Gasteiger partial charge is 0.114 e. The second-order valence-corrected chi connectivity index (χ2v) is 4.41. The fourth-order valence-corrected chi connectivity index (χ4v) is 2.10. The normalized spacial score (nSPS) is 10.6. The molecule has 0 fully saturated rings. The zero-order valence-corrected chi connectivity index (χ0v) is 9.74. The van der Waals surface area contributed by atoms with Crippen molar-refractivity contribution in [3.8, 4) is 0 Å². The minimum Gasteiger partial charge on any atom is -0.468 e. The summed E-state index contributed by atoms with van der Waals surface area (Å²) in [5, 5.41) is 1.01. The van der Waals surface area contributed by atoms with Crippen LogP contribution in [0.25, 0.3) is 0 Å². The van der Waals surface area contributed by atoms with Gasteiger partial charge in [0.25, 0.3) is 0 Å². The Morgan fingerprint density at radius 1 is 1.31 bits per heavy atom. The molecule has 4 heteroatoms. The molecule has 0 aliphatic rings. The summed E-state index contributed by atoms with van der Waals surface area (Å²) in [6.07, 6.45) is 4.46. The van der Waals surface area contributed by atoms with E-state index in [0.717, 1.165) is 23.0 Å². The lowest BCUT2D eigenvalue weighted by molar-refractivity contribution is 0.530. The van der Waals surface area contributed by atoms with Crippen molar-refractivity contribution < 1.29 is 4.42 Å². The van der Waals surface area contributed by atoms with Gasteiger partial charge in [-0.25, -0.2) is 4.98 Å². The molecule has 0 aliphatic heterocycles. The zero-order chi connectivity index (χ0) is 11.2. The maximum atomic E-state index is 5.48. The molecule has 0 unspecified atom stereocenters. The predicted octanol–water partition coefficient (Wildman–Crippen LogP) is 2.47. The second-order valence-electron chi connectivity index (χ2n) is 3.41. The van der Waals surface area contributed by atoms with Crippen LogP contribution in [0.5, 0.6) is 0 Å². The number of rotatable bonds is 5. The van der Waals surface area contributed by atoms with E-state index in [4.69, 9.17) is 10.2 Å². The van der Waals surface area contributed by atoms with Crippen LogP contribution in [-0.2, 0) is 12.2 Å². The maximum absolute atomic E-state index is 5.48. The van der Waals surface area contributed by atoms with Gasteiger partial charge in [-0.3, -0.25) is 0 Å². The Kier molecular flexibility index (Phi) is 4.02. The summed E-state index contributed by atoms with van der Waals surface area (Å²) in [7, 11) is 0. The van der Waals surface area contributed by atoms with E-state index in [2.05, 4.69) is 11.1 Å². The van der Waals surface area contributed by atoms with Gasteiger partial charge < -0.3 is 10.2 Å². The van der Waals surface area contributed by atoms with Gasteiger partial charge in [-0.2, -0.15) is 0 Å². The summed E-state index contributed by atoms with van der Waals surface area (Å²) in [5.74, 6) is 1.79. The van der Waals surface area contributed by atoms with Crippen molar-refractivity contribution in [2.24, 2.45) is 5.73 Å². The van der Waals surface area contributed by atoms with E-state index in [1.165, 1.54) is 5.56 Å². The lowest BCUT2D eigenvalue weighted by Gasteiger charge is -2.01. The van der Waals surface area contributed by atoms with Crippen molar-refractivity contribution in [3.05, 3.63) is 48.0 Å². The third-order valence-electron chi connectivity index (χ3n) is 2.17. The molecule has 2 heterocycles. The van der Waals surface area contributed by atoms with Gasteiger partial charge in [0.15, 0.2) is 0 Å². The number of pyridine rings is 1. The van der Waals surface area contributed by atoms with Crippen LogP contribution in [0.2, 0.25) is 0 Å². The topological polar surface area (TPSA) is 52.0 Å². The highest BCUT2D eigenvalue weighted by Crippen LogP contribution is 2.20. The Hall–Kier alpha value is -1.26. The van der Waals surface area contributed by atoms with Crippen LogP contribution in [0, 0.1) is 0 Å². The van der Waals surface area contributed by atoms with Crippen LogP contribution in [0.3, 0.4) is 0 Å². The van der Waals surface area contributed by atoms with Crippen molar-refractivity contribution in [2.45, 2.75) is 17.2 Å². The predicted molar refractivity (Wildman–Crippen MR) is 65.3 cm³/mol. The van der Waals surface area contributed by atoms with Gasteiger partial charge in [-0.15, -0.1) is 0 Å². The van der Waals surface area contributed by atoms with Crippen LogP contribution in [-0.4, -0.2) is 11.5 Å². The monoisotopic (exact) mass is 234 g/mol. The SMILES string of the molecule is NCCc1ccc(SCc2ccco2)nc1. The standard InChI is InChI=1S/C12H14N2OS/c13-6-5-10-3-4-12(14-8-10)16-9-11-2-1-7-15-11/h1-4,7-8H,5-6,9,13H2. The average molecular weight is 234 g/mol. The van der Waals surface area contributed by atoms with Gasteiger partial charge in [-0.05, 0) is 36.7 Å². The molecule has 0 amide bonds. The van der Waals surface area contributed by atoms with Gasteiger partial charge in [0.2, 0.25) is 0 Å². The summed E-state index contributed by atoms with van der Waals surface area (Å²) in [5.41, 5.74) is 6.66. The second kappa shape index (κ2) is 5.72. The molecule has 0 atom stereocenters. The molecule has 84 valence electrons. The molecular weight excluding hydrogens is 220 g/mol. The molecular formula is C12H14N2OS. The van der Waals surface area contributed by atoms with Gasteiger partial charge >= 0.3 is 0 Å². The molecule has 3 nitrogen and oxygen atoms in total. The fourth-order valence-electron chi connectivity index (χ4n) is 1.35. The first-order chi connectivity index (χ1) is 7.88. The van der Waals surface area contributed by atoms with Gasteiger partial charge in [0.05, 0.1) is 17.0 Å². The molecule has 0 spiro atoms. The molecule has 0 saturated heterocycles. The maximum Gasteiger partial charge on any atom is 0.114 e. The highest BCUT2D eigenvalue weighted by atomic mass is 32.2.